The van der Waals surface area contributed by atoms with Gasteiger partial charge < -0.3 is 10.2 Å². The second kappa shape index (κ2) is 8.76. The van der Waals surface area contributed by atoms with Gasteiger partial charge in [-0.25, -0.2) is 0 Å². The van der Waals surface area contributed by atoms with Crippen LogP contribution in [0.4, 0.5) is 0 Å². The van der Waals surface area contributed by atoms with Crippen molar-refractivity contribution in [2.24, 2.45) is 5.92 Å². The zero-order valence-electron chi connectivity index (χ0n) is 17.8. The fourth-order valence-electron chi connectivity index (χ4n) is 4.79. The van der Waals surface area contributed by atoms with Crippen LogP contribution in [-0.2, 0) is 11.3 Å². The molecule has 2 aliphatic rings. The number of carbonyl (C=O) groups is 1. The van der Waals surface area contributed by atoms with Gasteiger partial charge in [-0.05, 0) is 65.1 Å². The number of aryl methyl sites for hydroxylation is 1. The minimum atomic E-state index is -0.0671. The minimum absolute atomic E-state index is 0.0219. The van der Waals surface area contributed by atoms with Crippen LogP contribution >= 0.6 is 0 Å². The number of rotatable bonds is 6. The molecule has 1 aromatic heterocycles. The van der Waals surface area contributed by atoms with Crippen molar-refractivity contribution in [1.29, 1.82) is 0 Å². The van der Waals surface area contributed by atoms with Gasteiger partial charge in [0.1, 0.15) is 0 Å². The molecule has 2 fully saturated rings. The number of amides is 1. The number of aromatic nitrogens is 2. The SMILES string of the molecule is Cc1nn(C[C@H](C)C(=O)NC2(CN3CCCCC3)CCCCC2)c(C)c1C. The summed E-state index contributed by atoms with van der Waals surface area (Å²) in [6.45, 7) is 12.4. The summed E-state index contributed by atoms with van der Waals surface area (Å²) >= 11 is 0. The maximum atomic E-state index is 13.1. The van der Waals surface area contributed by atoms with Crippen molar-refractivity contribution in [3.8, 4) is 0 Å². The zero-order chi connectivity index (χ0) is 19.4. The Kier molecular flexibility index (Phi) is 6.61. The topological polar surface area (TPSA) is 50.2 Å². The van der Waals surface area contributed by atoms with Gasteiger partial charge in [-0.2, -0.15) is 5.10 Å². The van der Waals surface area contributed by atoms with Crippen LogP contribution in [0.5, 0.6) is 0 Å². The molecular formula is C22H38N4O. The van der Waals surface area contributed by atoms with E-state index in [1.54, 1.807) is 0 Å². The van der Waals surface area contributed by atoms with Crippen molar-refractivity contribution in [3.05, 3.63) is 17.0 Å². The second-order valence-corrected chi connectivity index (χ2v) is 9.05. The van der Waals surface area contributed by atoms with E-state index < -0.39 is 0 Å². The van der Waals surface area contributed by atoms with Crippen molar-refractivity contribution in [1.82, 2.24) is 20.0 Å². The normalized spacial score (nSPS) is 21.8. The van der Waals surface area contributed by atoms with Gasteiger partial charge >= 0.3 is 0 Å². The summed E-state index contributed by atoms with van der Waals surface area (Å²) in [4.78, 5) is 15.7. The molecule has 5 heteroatoms. The molecule has 0 spiro atoms. The fraction of sp³-hybridized carbons (Fsp3) is 0.818. The lowest BCUT2D eigenvalue weighted by molar-refractivity contribution is -0.127. The first-order valence-corrected chi connectivity index (χ1v) is 11.0. The highest BCUT2D eigenvalue weighted by Gasteiger charge is 2.36. The maximum absolute atomic E-state index is 13.1. The zero-order valence-corrected chi connectivity index (χ0v) is 17.8. The third-order valence-electron chi connectivity index (χ3n) is 6.81. The predicted octanol–water partition coefficient (Wildman–Crippen LogP) is 3.75. The molecule has 152 valence electrons. The molecule has 27 heavy (non-hydrogen) atoms. The van der Waals surface area contributed by atoms with Crippen molar-refractivity contribution < 1.29 is 4.79 Å². The van der Waals surface area contributed by atoms with Crippen LogP contribution in [0, 0.1) is 26.7 Å². The summed E-state index contributed by atoms with van der Waals surface area (Å²) in [7, 11) is 0. The summed E-state index contributed by atoms with van der Waals surface area (Å²) in [5.74, 6) is 0.127. The van der Waals surface area contributed by atoms with E-state index in [0.29, 0.717) is 6.54 Å². The van der Waals surface area contributed by atoms with Gasteiger partial charge in [-0.1, -0.05) is 32.6 Å². The Balaban J connectivity index is 1.65. The highest BCUT2D eigenvalue weighted by molar-refractivity contribution is 5.79. The quantitative estimate of drug-likeness (QED) is 0.825. The number of hydrogen-bond acceptors (Lipinski definition) is 3. The standard InChI is InChI=1S/C22H38N4O/c1-17(15-26-20(4)18(2)19(3)24-26)21(27)23-22(11-7-5-8-12-22)16-25-13-9-6-10-14-25/h17H,5-16H2,1-4H3,(H,23,27)/t17-/m0/s1. The summed E-state index contributed by atoms with van der Waals surface area (Å²) in [5, 5.41) is 8.14. The number of piperidine rings is 1. The number of nitrogens with zero attached hydrogens (tertiary/aromatic N) is 3. The van der Waals surface area contributed by atoms with Gasteiger partial charge in [0.25, 0.3) is 0 Å². The summed E-state index contributed by atoms with van der Waals surface area (Å²) < 4.78 is 2.01. The maximum Gasteiger partial charge on any atom is 0.225 e. The third kappa shape index (κ3) is 4.92. The molecule has 1 aromatic rings. The lowest BCUT2D eigenvalue weighted by Crippen LogP contribution is -2.58. The smallest absolute Gasteiger partial charge is 0.225 e. The van der Waals surface area contributed by atoms with Crippen LogP contribution in [0.3, 0.4) is 0 Å². The van der Waals surface area contributed by atoms with Gasteiger partial charge in [-0.3, -0.25) is 9.48 Å². The van der Waals surface area contributed by atoms with Gasteiger partial charge in [0.2, 0.25) is 5.91 Å². The first-order chi connectivity index (χ1) is 12.9. The molecule has 1 saturated carbocycles. The Hall–Kier alpha value is -1.36. The molecule has 5 nitrogen and oxygen atoms in total. The molecule has 1 aliphatic heterocycles. The monoisotopic (exact) mass is 374 g/mol. The van der Waals surface area contributed by atoms with E-state index in [2.05, 4.69) is 29.2 Å². The molecule has 2 heterocycles. The van der Waals surface area contributed by atoms with Crippen LogP contribution < -0.4 is 5.32 Å². The van der Waals surface area contributed by atoms with Crippen molar-refractivity contribution >= 4 is 5.91 Å². The molecule has 1 atom stereocenters. The number of hydrogen-bond donors (Lipinski definition) is 1. The Bertz CT molecular complexity index is 639. The molecule has 1 saturated heterocycles. The molecular weight excluding hydrogens is 336 g/mol. The van der Waals surface area contributed by atoms with E-state index in [0.717, 1.165) is 25.1 Å². The van der Waals surface area contributed by atoms with E-state index in [-0.39, 0.29) is 17.4 Å². The highest BCUT2D eigenvalue weighted by Crippen LogP contribution is 2.30. The van der Waals surface area contributed by atoms with Crippen LogP contribution in [0.1, 0.15) is 75.2 Å². The first-order valence-electron chi connectivity index (χ1n) is 11.0. The van der Waals surface area contributed by atoms with Gasteiger partial charge in [0.15, 0.2) is 0 Å². The summed E-state index contributed by atoms with van der Waals surface area (Å²) in [6, 6.07) is 0. The predicted molar refractivity (Wildman–Crippen MR) is 110 cm³/mol. The van der Waals surface area contributed by atoms with Crippen LogP contribution in [-0.4, -0.2) is 45.8 Å². The van der Waals surface area contributed by atoms with E-state index in [9.17, 15) is 4.79 Å². The molecule has 1 N–H and O–H groups in total. The lowest BCUT2D eigenvalue weighted by Gasteiger charge is -2.43. The Morgan fingerprint density at radius 3 is 2.30 bits per heavy atom. The van der Waals surface area contributed by atoms with Crippen molar-refractivity contribution in [2.45, 2.75) is 91.1 Å². The molecule has 3 rings (SSSR count). The van der Waals surface area contributed by atoms with E-state index in [4.69, 9.17) is 0 Å². The van der Waals surface area contributed by atoms with E-state index >= 15 is 0 Å². The van der Waals surface area contributed by atoms with Crippen LogP contribution in [0.15, 0.2) is 0 Å². The molecule has 0 bridgehead atoms. The average molecular weight is 375 g/mol. The van der Waals surface area contributed by atoms with Crippen molar-refractivity contribution in [3.63, 3.8) is 0 Å². The summed E-state index contributed by atoms with van der Waals surface area (Å²) in [5.41, 5.74) is 3.45. The Morgan fingerprint density at radius 2 is 1.70 bits per heavy atom. The highest BCUT2D eigenvalue weighted by atomic mass is 16.2. The fourth-order valence-corrected chi connectivity index (χ4v) is 4.79. The van der Waals surface area contributed by atoms with Crippen molar-refractivity contribution in [2.75, 3.05) is 19.6 Å². The molecule has 1 aliphatic carbocycles. The van der Waals surface area contributed by atoms with Gasteiger partial charge in [-0.15, -0.1) is 0 Å². The van der Waals surface area contributed by atoms with Gasteiger partial charge in [0, 0.05) is 12.2 Å². The number of nitrogens with one attached hydrogen (secondary N) is 1. The first kappa shape index (κ1) is 20.4. The third-order valence-corrected chi connectivity index (χ3v) is 6.81. The van der Waals surface area contributed by atoms with E-state index in [1.165, 1.54) is 62.9 Å². The molecule has 1 amide bonds. The average Bonchev–Trinajstić information content (AvgIpc) is 2.90. The van der Waals surface area contributed by atoms with Crippen LogP contribution in [0.25, 0.3) is 0 Å². The summed E-state index contributed by atoms with van der Waals surface area (Å²) in [6.07, 6.45) is 9.99. The second-order valence-electron chi connectivity index (χ2n) is 9.05. The minimum Gasteiger partial charge on any atom is -0.349 e. The number of likely N-dealkylation sites (tertiary alicyclic amines) is 1. The van der Waals surface area contributed by atoms with E-state index in [1.807, 2.05) is 18.5 Å². The Morgan fingerprint density at radius 1 is 1.07 bits per heavy atom. The Labute approximate surface area is 164 Å². The molecule has 0 radical (unpaired) electrons. The van der Waals surface area contributed by atoms with Crippen LogP contribution in [0.2, 0.25) is 0 Å². The largest absolute Gasteiger partial charge is 0.349 e. The number of carbonyl (C=O) groups excluding carboxylic acids is 1. The van der Waals surface area contributed by atoms with Gasteiger partial charge in [0.05, 0.1) is 23.7 Å². The molecule has 0 aromatic carbocycles. The molecule has 0 unspecified atom stereocenters. The lowest BCUT2D eigenvalue weighted by atomic mass is 9.80.